The average Bonchev–Trinajstić information content (AvgIpc) is 2.79. The average molecular weight is 275 g/mol. The molecule has 3 heterocycles. The first-order valence-corrected chi connectivity index (χ1v) is 7.31. The lowest BCUT2D eigenvalue weighted by Crippen LogP contribution is -1.75. The summed E-state index contributed by atoms with van der Waals surface area (Å²) in [5, 5.41) is 3.55. The fourth-order valence-electron chi connectivity index (χ4n) is 2.91. The van der Waals surface area contributed by atoms with Crippen molar-refractivity contribution in [3.8, 4) is 0 Å². The quantitative estimate of drug-likeness (QED) is 0.381. The standard InChI is InChI=1S/C17H9NOS/c1-4-10-15-11(5-1)19-12-6-2-7-13(16(12)15)20-14-8-3-9-18-17(10)14/h1-9H. The SMILES string of the molecule is c1cnc2c(c1)sc1cccc3oc4cccc2c4c31. The number of pyridine rings is 1. The van der Waals surface area contributed by atoms with Crippen molar-refractivity contribution in [1.29, 1.82) is 0 Å². The zero-order valence-electron chi connectivity index (χ0n) is 10.5. The van der Waals surface area contributed by atoms with Crippen LogP contribution in [0.3, 0.4) is 0 Å². The van der Waals surface area contributed by atoms with E-state index in [0.29, 0.717) is 0 Å². The first kappa shape index (κ1) is 10.4. The summed E-state index contributed by atoms with van der Waals surface area (Å²) in [6.07, 6.45) is 1.85. The molecule has 0 aliphatic carbocycles. The molecule has 0 fully saturated rings. The van der Waals surface area contributed by atoms with Crippen LogP contribution >= 0.6 is 11.3 Å². The summed E-state index contributed by atoms with van der Waals surface area (Å²) in [4.78, 5) is 4.59. The molecule has 3 heteroatoms. The van der Waals surface area contributed by atoms with E-state index in [1.807, 2.05) is 36.5 Å². The lowest BCUT2D eigenvalue weighted by molar-refractivity contribution is 0.669. The summed E-state index contributed by atoms with van der Waals surface area (Å²) in [6, 6.07) is 16.6. The van der Waals surface area contributed by atoms with E-state index in [1.54, 1.807) is 11.3 Å². The second-order valence-corrected chi connectivity index (χ2v) is 5.95. The van der Waals surface area contributed by atoms with Crippen molar-refractivity contribution in [2.45, 2.75) is 0 Å². The fraction of sp³-hybridized carbons (Fsp3) is 0. The summed E-state index contributed by atoms with van der Waals surface area (Å²) < 4.78 is 8.42. The number of benzene rings is 2. The van der Waals surface area contributed by atoms with Gasteiger partial charge in [0.2, 0.25) is 0 Å². The summed E-state index contributed by atoms with van der Waals surface area (Å²) in [6.45, 7) is 0. The molecule has 0 bridgehead atoms. The molecule has 0 aliphatic heterocycles. The van der Waals surface area contributed by atoms with Crippen LogP contribution in [-0.2, 0) is 0 Å². The molecule has 0 aliphatic rings. The molecule has 0 saturated heterocycles. The molecule has 5 rings (SSSR count). The first-order valence-electron chi connectivity index (χ1n) is 6.49. The van der Waals surface area contributed by atoms with Gasteiger partial charge in [-0.25, -0.2) is 0 Å². The summed E-state index contributed by atoms with van der Waals surface area (Å²) >= 11 is 1.76. The number of rotatable bonds is 0. The lowest BCUT2D eigenvalue weighted by Gasteiger charge is -1.95. The molecule has 0 atom stereocenters. The maximum Gasteiger partial charge on any atom is 0.136 e. The van der Waals surface area contributed by atoms with E-state index in [-0.39, 0.29) is 0 Å². The molecule has 0 radical (unpaired) electrons. The molecule has 0 saturated carbocycles. The summed E-state index contributed by atoms with van der Waals surface area (Å²) in [5.74, 6) is 0. The smallest absolute Gasteiger partial charge is 0.136 e. The van der Waals surface area contributed by atoms with E-state index < -0.39 is 0 Å². The number of aromatic nitrogens is 1. The van der Waals surface area contributed by atoms with Gasteiger partial charge in [0.25, 0.3) is 0 Å². The van der Waals surface area contributed by atoms with Crippen LogP contribution in [0.4, 0.5) is 0 Å². The highest BCUT2D eigenvalue weighted by atomic mass is 32.1. The van der Waals surface area contributed by atoms with Gasteiger partial charge in [0.15, 0.2) is 0 Å². The molecular formula is C17H9NOS. The van der Waals surface area contributed by atoms with Gasteiger partial charge in [0.05, 0.1) is 10.2 Å². The Morgan fingerprint density at radius 3 is 2.55 bits per heavy atom. The Morgan fingerprint density at radius 1 is 0.800 bits per heavy atom. The number of furan rings is 1. The van der Waals surface area contributed by atoms with E-state index in [1.165, 1.54) is 20.2 Å². The van der Waals surface area contributed by atoms with E-state index in [9.17, 15) is 0 Å². The van der Waals surface area contributed by atoms with Crippen molar-refractivity contribution in [2.24, 2.45) is 0 Å². The second kappa shape index (κ2) is 3.58. The van der Waals surface area contributed by atoms with Crippen LogP contribution in [0.1, 0.15) is 0 Å². The van der Waals surface area contributed by atoms with Crippen molar-refractivity contribution in [3.05, 3.63) is 54.7 Å². The fourth-order valence-corrected chi connectivity index (χ4v) is 4.01. The first-order chi connectivity index (χ1) is 9.92. The Hall–Kier alpha value is -2.39. The second-order valence-electron chi connectivity index (χ2n) is 4.86. The Morgan fingerprint density at radius 2 is 1.60 bits per heavy atom. The van der Waals surface area contributed by atoms with Crippen molar-refractivity contribution >= 4 is 53.6 Å². The van der Waals surface area contributed by atoms with Gasteiger partial charge >= 0.3 is 0 Å². The normalized spacial score (nSPS) is 12.0. The van der Waals surface area contributed by atoms with E-state index in [2.05, 4.69) is 23.2 Å². The third-order valence-corrected chi connectivity index (χ3v) is 4.84. The van der Waals surface area contributed by atoms with Crippen LogP contribution in [0.25, 0.3) is 42.2 Å². The summed E-state index contributed by atoms with van der Waals surface area (Å²) in [5.41, 5.74) is 2.93. The highest BCUT2D eigenvalue weighted by Gasteiger charge is 2.14. The predicted octanol–water partition coefficient (Wildman–Crippen LogP) is 5.35. The van der Waals surface area contributed by atoms with E-state index in [0.717, 1.165) is 22.1 Å². The zero-order valence-corrected chi connectivity index (χ0v) is 11.3. The topological polar surface area (TPSA) is 26.0 Å². The third kappa shape index (κ3) is 1.20. The van der Waals surface area contributed by atoms with Crippen molar-refractivity contribution in [3.63, 3.8) is 0 Å². The van der Waals surface area contributed by atoms with Crippen molar-refractivity contribution < 1.29 is 4.42 Å². The molecule has 0 N–H and O–H groups in total. The van der Waals surface area contributed by atoms with E-state index in [4.69, 9.17) is 4.42 Å². The molecular weight excluding hydrogens is 266 g/mol. The van der Waals surface area contributed by atoms with Crippen LogP contribution in [0, 0.1) is 0 Å². The Balaban J connectivity index is 2.32. The lowest BCUT2D eigenvalue weighted by atomic mass is 10.1. The predicted molar refractivity (Wildman–Crippen MR) is 84.4 cm³/mol. The van der Waals surface area contributed by atoms with Gasteiger partial charge in [0, 0.05) is 27.1 Å². The molecule has 0 unspecified atom stereocenters. The van der Waals surface area contributed by atoms with Crippen molar-refractivity contribution in [2.75, 3.05) is 0 Å². The van der Waals surface area contributed by atoms with Crippen LogP contribution in [0.15, 0.2) is 59.1 Å². The Labute approximate surface area is 118 Å². The van der Waals surface area contributed by atoms with Crippen molar-refractivity contribution in [1.82, 2.24) is 4.98 Å². The minimum Gasteiger partial charge on any atom is -0.456 e. The number of hydrogen-bond donors (Lipinski definition) is 0. The maximum atomic E-state index is 5.98. The van der Waals surface area contributed by atoms with Crippen LogP contribution in [0.5, 0.6) is 0 Å². The largest absolute Gasteiger partial charge is 0.456 e. The Kier molecular flexibility index (Phi) is 1.86. The molecule has 3 aromatic heterocycles. The highest BCUT2D eigenvalue weighted by Crippen LogP contribution is 2.40. The van der Waals surface area contributed by atoms with Gasteiger partial charge < -0.3 is 4.42 Å². The molecule has 2 nitrogen and oxygen atoms in total. The molecule has 0 spiro atoms. The minimum absolute atomic E-state index is 0.934. The number of nitrogens with zero attached hydrogens (tertiary/aromatic N) is 1. The third-order valence-electron chi connectivity index (χ3n) is 3.73. The number of fused-ring (bicyclic) bond motifs is 2. The summed E-state index contributed by atoms with van der Waals surface area (Å²) in [7, 11) is 0. The molecule has 0 amide bonds. The highest BCUT2D eigenvalue weighted by molar-refractivity contribution is 7.24. The molecule has 5 aromatic rings. The van der Waals surface area contributed by atoms with E-state index >= 15 is 0 Å². The molecule has 94 valence electrons. The molecule has 20 heavy (non-hydrogen) atoms. The zero-order chi connectivity index (χ0) is 13.1. The van der Waals surface area contributed by atoms with Crippen LogP contribution < -0.4 is 0 Å². The maximum absolute atomic E-state index is 5.98. The van der Waals surface area contributed by atoms with Gasteiger partial charge in [-0.15, -0.1) is 11.3 Å². The monoisotopic (exact) mass is 275 g/mol. The Bertz CT molecular complexity index is 1100. The van der Waals surface area contributed by atoms with Gasteiger partial charge in [-0.1, -0.05) is 18.2 Å². The van der Waals surface area contributed by atoms with Gasteiger partial charge in [-0.3, -0.25) is 4.98 Å². The molecule has 2 aromatic carbocycles. The van der Waals surface area contributed by atoms with Crippen LogP contribution in [0.2, 0.25) is 0 Å². The van der Waals surface area contributed by atoms with Gasteiger partial charge in [-0.2, -0.15) is 0 Å². The van der Waals surface area contributed by atoms with Gasteiger partial charge in [0.1, 0.15) is 11.2 Å². The minimum atomic E-state index is 0.934. The van der Waals surface area contributed by atoms with Gasteiger partial charge in [-0.05, 0) is 30.3 Å². The van der Waals surface area contributed by atoms with Crippen LogP contribution in [-0.4, -0.2) is 4.98 Å². The number of hydrogen-bond acceptors (Lipinski definition) is 3.